The molecule has 85 heavy (non-hydrogen) atoms. The van der Waals surface area contributed by atoms with Crippen LogP contribution in [0.2, 0.25) is 0 Å². The molecule has 20 N–H and O–H groups in total. The van der Waals surface area contributed by atoms with E-state index in [1.807, 2.05) is 0 Å². The highest BCUT2D eigenvalue weighted by atomic mass is 32.1. The molecule has 0 unspecified atom stereocenters. The maximum Gasteiger partial charge on any atom is 0.328 e. The minimum Gasteiger partial charge on any atom is -0.481 e. The Kier molecular flexibility index (Phi) is 31.1. The van der Waals surface area contributed by atoms with Crippen molar-refractivity contribution in [3.63, 3.8) is 0 Å². The fourth-order valence-electron chi connectivity index (χ4n) is 8.29. The number of hydrogen-bond donors (Lipinski definition) is 18. The van der Waals surface area contributed by atoms with Gasteiger partial charge >= 0.3 is 11.9 Å². The molecule has 2 aromatic rings. The summed E-state index contributed by atoms with van der Waals surface area (Å²) < 4.78 is 0. The van der Waals surface area contributed by atoms with Crippen molar-refractivity contribution < 1.29 is 82.4 Å². The van der Waals surface area contributed by atoms with Gasteiger partial charge in [-0.3, -0.25) is 62.3 Å². The number of carboxylic acid groups (broad SMARTS) is 2. The molecule has 472 valence electrons. The first-order valence-electron chi connectivity index (χ1n) is 27.4. The normalized spacial score (nSPS) is 14.7. The molecule has 12 amide bonds. The third-order valence-electron chi connectivity index (χ3n) is 13.1. The first-order valence-corrected chi connectivity index (χ1v) is 28.0. The van der Waals surface area contributed by atoms with Crippen LogP contribution in [-0.2, 0) is 73.5 Å². The van der Waals surface area contributed by atoms with Crippen molar-refractivity contribution in [2.24, 2.45) is 35.0 Å². The molecule has 1 aromatic carbocycles. The van der Waals surface area contributed by atoms with Crippen LogP contribution in [0.4, 0.5) is 0 Å². The van der Waals surface area contributed by atoms with Gasteiger partial charge in [0.1, 0.15) is 48.3 Å². The molecule has 0 bridgehead atoms. The molecule has 0 spiro atoms. The van der Waals surface area contributed by atoms with E-state index < -0.39 is 195 Å². The summed E-state index contributed by atoms with van der Waals surface area (Å²) >= 11 is 4.04. The molecule has 0 aliphatic rings. The molecular formula is C53H82N14O17S. The minimum atomic E-state index is -1.67. The number of carbonyl (C=O) groups excluding carboxylic acids is 12. The fraction of sp³-hybridized carbons (Fsp3) is 0.585. The molecule has 32 heteroatoms. The lowest BCUT2D eigenvalue weighted by Crippen LogP contribution is -2.59. The zero-order valence-electron chi connectivity index (χ0n) is 48.2. The molecule has 0 saturated carbocycles. The van der Waals surface area contributed by atoms with Crippen LogP contribution in [0, 0.1) is 17.8 Å². The Morgan fingerprint density at radius 3 is 1.49 bits per heavy atom. The van der Waals surface area contributed by atoms with E-state index in [1.165, 1.54) is 0 Å². The molecule has 1 aromatic heterocycles. The lowest BCUT2D eigenvalue weighted by atomic mass is 9.97. The Morgan fingerprint density at radius 2 is 1.01 bits per heavy atom. The monoisotopic (exact) mass is 1220 g/mol. The van der Waals surface area contributed by atoms with E-state index in [2.05, 4.69) is 70.8 Å². The average Bonchev–Trinajstić information content (AvgIpc) is 4.14. The van der Waals surface area contributed by atoms with Crippen molar-refractivity contribution in [2.75, 3.05) is 25.4 Å². The van der Waals surface area contributed by atoms with E-state index >= 15 is 0 Å². The Hall–Kier alpha value is -8.39. The van der Waals surface area contributed by atoms with Crippen LogP contribution in [0.1, 0.15) is 98.5 Å². The van der Waals surface area contributed by atoms with Gasteiger partial charge in [0.05, 0.1) is 32.2 Å². The maximum atomic E-state index is 14.2. The average molecular weight is 1220 g/mol. The Bertz CT molecular complexity index is 2710. The number of primary amides is 2. The van der Waals surface area contributed by atoms with E-state index in [4.69, 9.17) is 22.3 Å². The van der Waals surface area contributed by atoms with Gasteiger partial charge in [0.25, 0.3) is 0 Å². The third-order valence-corrected chi connectivity index (χ3v) is 13.4. The van der Waals surface area contributed by atoms with Crippen LogP contribution in [0.3, 0.4) is 0 Å². The minimum absolute atomic E-state index is 0.00967. The fourth-order valence-corrected chi connectivity index (χ4v) is 8.55. The topological polar surface area (TPSA) is 514 Å². The van der Waals surface area contributed by atoms with Gasteiger partial charge in [-0.15, -0.1) is 0 Å². The smallest absolute Gasteiger partial charge is 0.328 e. The number of nitrogens with two attached hydrogens (primary N) is 3. The van der Waals surface area contributed by atoms with E-state index in [1.54, 1.807) is 72.0 Å². The van der Waals surface area contributed by atoms with Gasteiger partial charge in [-0.25, -0.2) is 4.79 Å². The molecular weight excluding hydrogens is 1140 g/mol. The zero-order valence-corrected chi connectivity index (χ0v) is 49.1. The molecule has 0 fully saturated rings. The number of fused-ring (bicyclic) bond motifs is 1. The van der Waals surface area contributed by atoms with Gasteiger partial charge in [-0.05, 0) is 55.1 Å². The van der Waals surface area contributed by atoms with Crippen molar-refractivity contribution in [3.05, 3.63) is 36.0 Å². The number of amides is 12. The number of H-pyrrole nitrogens is 1. The van der Waals surface area contributed by atoms with Crippen molar-refractivity contribution >= 4 is 106 Å². The number of aliphatic hydroxyl groups excluding tert-OH is 1. The maximum absolute atomic E-state index is 14.2. The number of para-hydroxylation sites is 1. The Balaban J connectivity index is 2.33. The van der Waals surface area contributed by atoms with Crippen molar-refractivity contribution in [2.45, 2.75) is 154 Å². The number of aliphatic hydroxyl groups is 1. The van der Waals surface area contributed by atoms with Gasteiger partial charge in [0.2, 0.25) is 70.9 Å². The number of hydrogen-bond acceptors (Lipinski definition) is 17. The summed E-state index contributed by atoms with van der Waals surface area (Å²) in [7, 11) is 0. The van der Waals surface area contributed by atoms with Crippen LogP contribution in [0.5, 0.6) is 0 Å². The van der Waals surface area contributed by atoms with Crippen molar-refractivity contribution in [1.82, 2.24) is 58.2 Å². The van der Waals surface area contributed by atoms with Gasteiger partial charge in [-0.2, -0.15) is 12.6 Å². The summed E-state index contributed by atoms with van der Waals surface area (Å²) in [4.78, 5) is 185. The summed E-state index contributed by atoms with van der Waals surface area (Å²) in [6.07, 6.45) is -0.768. The summed E-state index contributed by atoms with van der Waals surface area (Å²) in [5.74, 6) is -15.4. The molecule has 0 aliphatic carbocycles. The molecule has 0 radical (unpaired) electrons. The number of carboxylic acids is 2. The summed E-state index contributed by atoms with van der Waals surface area (Å²) in [6, 6.07) is -6.17. The highest BCUT2D eigenvalue weighted by Crippen LogP contribution is 2.20. The number of carbonyl (C=O) groups is 14. The van der Waals surface area contributed by atoms with Gasteiger partial charge in [0, 0.05) is 42.1 Å². The van der Waals surface area contributed by atoms with E-state index in [0.29, 0.717) is 22.9 Å². The predicted molar refractivity (Wildman–Crippen MR) is 307 cm³/mol. The van der Waals surface area contributed by atoms with E-state index in [-0.39, 0.29) is 36.9 Å². The highest BCUT2D eigenvalue weighted by Gasteiger charge is 2.35. The van der Waals surface area contributed by atoms with Crippen LogP contribution in [0.15, 0.2) is 30.5 Å². The molecule has 1 heterocycles. The lowest BCUT2D eigenvalue weighted by molar-refractivity contribution is -0.143. The molecule has 0 saturated heterocycles. The second kappa shape index (κ2) is 36.3. The lowest BCUT2D eigenvalue weighted by Gasteiger charge is -2.28. The molecule has 31 nitrogen and oxygen atoms in total. The van der Waals surface area contributed by atoms with E-state index in [9.17, 15) is 77.3 Å². The number of aromatic amines is 1. The first kappa shape index (κ1) is 72.7. The number of thiol groups is 1. The Morgan fingerprint density at radius 1 is 0.565 bits per heavy atom. The SMILES string of the molecule is CC[C@H](C)[C@H](NC(=O)CNC(=O)[C@H](CC(C)C)NC(=O)[C@H](CC(C)C)NC(=O)[C@H](CCC(N)=O)NC(=O)[C@H](CCC(N)=O)NC(=O)[C@@H](N)CC(=O)O)C(=O)N[C@@H](Cc1c[nH]c2ccccc12)C(=O)NCC(=O)N[C@@H](CS)C(=O)N[C@@H](CO)C(=O)O. The van der Waals surface area contributed by atoms with Crippen LogP contribution in [0.25, 0.3) is 10.9 Å². The molecule has 2 rings (SSSR count). The summed E-state index contributed by atoms with van der Waals surface area (Å²) in [6.45, 7) is 7.93. The van der Waals surface area contributed by atoms with Gasteiger partial charge in [0.15, 0.2) is 0 Å². The van der Waals surface area contributed by atoms with Gasteiger partial charge < -0.3 is 90.7 Å². The Labute approximate surface area is 495 Å². The van der Waals surface area contributed by atoms with Crippen LogP contribution >= 0.6 is 12.6 Å². The second-order valence-corrected chi connectivity index (χ2v) is 21.5. The highest BCUT2D eigenvalue weighted by molar-refractivity contribution is 7.80. The standard InChI is InChI=1S/C53H82N14O17S/c1-7-27(6)44(52(82)65-36(18-28-20-57-31-11-9-8-10-29(28)31)47(77)58-21-41(71)60-38(24-85)51(81)66-37(23-68)53(83)84)67-42(72)22-59-46(76)34(16-25(2)3)63-50(80)35(17-26(4)5)64-49(79)33(13-15-40(56)70)62-48(78)32(12-14-39(55)69)61-45(75)30(54)19-43(73)74/h8-11,20,25-27,30,32-38,44,57,68,85H,7,12-19,21-24,54H2,1-6H3,(H2,55,69)(H2,56,70)(H,58,77)(H,59,76)(H,60,71)(H,61,75)(H,62,78)(H,63,80)(H,64,79)(H,65,82)(H,66,81)(H,67,72)(H,73,74)(H,83,84)/t27-,30-,32-,33-,34-,35-,36-,37-,38-,44-/m0/s1. The van der Waals surface area contributed by atoms with Crippen molar-refractivity contribution in [1.29, 1.82) is 0 Å². The number of nitrogens with one attached hydrogen (secondary N) is 11. The van der Waals surface area contributed by atoms with Crippen LogP contribution in [-0.4, -0.2) is 183 Å². The predicted octanol–water partition coefficient (Wildman–Crippen LogP) is -4.70. The largest absolute Gasteiger partial charge is 0.481 e. The second-order valence-electron chi connectivity index (χ2n) is 21.1. The number of aromatic nitrogens is 1. The van der Waals surface area contributed by atoms with E-state index in [0.717, 1.165) is 0 Å². The number of aliphatic carboxylic acids is 2. The quantitative estimate of drug-likeness (QED) is 0.0280. The summed E-state index contributed by atoms with van der Waals surface area (Å²) in [5, 5.41) is 52.6. The summed E-state index contributed by atoms with van der Waals surface area (Å²) in [5.41, 5.74) is 17.6. The zero-order chi connectivity index (χ0) is 64.2. The molecule has 0 aliphatic heterocycles. The number of rotatable bonds is 39. The third kappa shape index (κ3) is 26.0. The van der Waals surface area contributed by atoms with Crippen molar-refractivity contribution in [3.8, 4) is 0 Å². The number of benzene rings is 1. The molecule has 10 atom stereocenters. The van der Waals surface area contributed by atoms with Crippen LogP contribution < -0.4 is 70.4 Å². The first-order chi connectivity index (χ1) is 39.9. The van der Waals surface area contributed by atoms with Gasteiger partial charge in [-0.1, -0.05) is 66.2 Å².